The predicted molar refractivity (Wildman–Crippen MR) is 242 cm³/mol. The molecule has 4 heteroatoms. The average Bonchev–Trinajstić information content (AvgIpc) is 3.24. The second-order valence-electron chi connectivity index (χ2n) is 15.0. The van der Waals surface area contributed by atoms with Crippen LogP contribution in [0.15, 0.2) is 121 Å². The van der Waals surface area contributed by atoms with Gasteiger partial charge in [-0.1, -0.05) is 121 Å². The maximum atomic E-state index is 12.3. The van der Waals surface area contributed by atoms with E-state index < -0.39 is 50.7 Å². The van der Waals surface area contributed by atoms with Gasteiger partial charge in [0.1, 0.15) is 0 Å². The zero-order valence-corrected chi connectivity index (χ0v) is 40.9. The van der Waals surface area contributed by atoms with E-state index in [4.69, 9.17) is 0 Å². The fraction of sp³-hybridized carbons (Fsp3) is 0.520. The second-order valence-corrected chi connectivity index (χ2v) is 32.1. The number of benzene rings is 4. The maximum absolute atomic E-state index is 12.3. The number of rotatable bonds is 23. The molecule has 0 atom stereocenters. The monoisotopic (exact) mass is 948 g/mol. The Bertz CT molecular complexity index is 1190. The number of hydrogen-bond acceptors (Lipinski definition) is 2. The molecule has 2 N–H and O–H groups in total. The van der Waals surface area contributed by atoms with Crippen LogP contribution in [0.2, 0.25) is 26.6 Å². The summed E-state index contributed by atoms with van der Waals surface area (Å²) in [6.07, 6.45) is 17.7. The van der Waals surface area contributed by atoms with Gasteiger partial charge in [-0.25, -0.2) is 0 Å². The summed E-state index contributed by atoms with van der Waals surface area (Å²) in [5.41, 5.74) is -0.906. The van der Waals surface area contributed by atoms with Crippen LogP contribution in [0.1, 0.15) is 141 Å². The van der Waals surface area contributed by atoms with Gasteiger partial charge in [0, 0.05) is 0 Å². The minimum absolute atomic E-state index is 0.622. The van der Waals surface area contributed by atoms with E-state index in [9.17, 15) is 10.2 Å². The summed E-state index contributed by atoms with van der Waals surface area (Å²) in [6.45, 7) is 14.0. The zero-order chi connectivity index (χ0) is 39.3. The van der Waals surface area contributed by atoms with Crippen LogP contribution in [0, 0.1) is 0 Å². The zero-order valence-electron chi connectivity index (χ0n) is 35.2. The Balaban J connectivity index is 0.000000326. The third-order valence-corrected chi connectivity index (χ3v) is 28.8. The SMILES string of the molecule is CCC[CH2][Sn]([CH2]CCC)[CH2]CCC.CCC[CH2][Sn]([CH2]CCC)[CH2]CCC.OC(c1ccccc1)(c1ccccc1)C(O)(c1ccccc1)c1ccccc1. The second kappa shape index (κ2) is 29.6. The quantitative estimate of drug-likeness (QED) is 0.0728. The number of unbranched alkanes of at least 4 members (excludes halogenated alkanes) is 6. The molecule has 0 saturated heterocycles. The summed E-state index contributed by atoms with van der Waals surface area (Å²) < 4.78 is 10.1. The first-order chi connectivity index (χ1) is 26.4. The molecule has 0 amide bonds. The summed E-state index contributed by atoms with van der Waals surface area (Å²) in [5.74, 6) is 0. The molecule has 0 unspecified atom stereocenters. The first-order valence-corrected chi connectivity index (χ1v) is 33.8. The van der Waals surface area contributed by atoms with Crippen molar-refractivity contribution < 1.29 is 10.2 Å². The van der Waals surface area contributed by atoms with Crippen LogP contribution in [-0.4, -0.2) is 49.7 Å². The Morgan fingerprint density at radius 3 is 0.630 bits per heavy atom. The largest absolute Gasteiger partial charge is 0.377 e. The summed E-state index contributed by atoms with van der Waals surface area (Å²) in [5, 5.41) is 24.7. The molecule has 54 heavy (non-hydrogen) atoms. The topological polar surface area (TPSA) is 40.5 Å². The van der Waals surface area contributed by atoms with Gasteiger partial charge in [0.15, 0.2) is 11.2 Å². The molecule has 0 heterocycles. The molecule has 0 saturated carbocycles. The average molecular weight is 947 g/mol. The molecule has 2 nitrogen and oxygen atoms in total. The molecule has 4 rings (SSSR count). The Hall–Kier alpha value is -1.60. The van der Waals surface area contributed by atoms with E-state index in [0.29, 0.717) is 22.3 Å². The Morgan fingerprint density at radius 1 is 0.315 bits per heavy atom. The minimum Gasteiger partial charge on any atom is -0.377 e. The molecule has 0 aliphatic heterocycles. The van der Waals surface area contributed by atoms with Crippen LogP contribution in [0.25, 0.3) is 0 Å². The third kappa shape index (κ3) is 16.1. The van der Waals surface area contributed by atoms with Crippen LogP contribution in [0.5, 0.6) is 0 Å². The van der Waals surface area contributed by atoms with Crippen molar-refractivity contribution in [3.8, 4) is 0 Å². The van der Waals surface area contributed by atoms with E-state index in [-0.39, 0.29) is 0 Å². The van der Waals surface area contributed by atoms with Crippen LogP contribution in [0.3, 0.4) is 0 Å². The van der Waals surface area contributed by atoms with E-state index in [1.54, 1.807) is 26.6 Å². The summed E-state index contributed by atoms with van der Waals surface area (Å²) in [6, 6.07) is 37.4. The molecule has 296 valence electrons. The van der Waals surface area contributed by atoms with Gasteiger partial charge in [-0.05, 0) is 22.3 Å². The molecular formula is C50H76O2Sn2. The standard InChI is InChI=1S/C26H22O2.6C4H9.2Sn/c27-25(21-13-5-1-6-14-21,22-15-7-2-8-16-22)26(28,23-17-9-3-10-18-23)24-19-11-4-12-20-24;6*1-3-4-2;;/h1-20,27-28H;6*1,3-4H2,2H3;;. The van der Waals surface area contributed by atoms with Gasteiger partial charge in [-0.15, -0.1) is 0 Å². The molecule has 4 aromatic carbocycles. The van der Waals surface area contributed by atoms with Crippen molar-refractivity contribution in [1.82, 2.24) is 0 Å². The molecule has 0 bridgehead atoms. The third-order valence-electron chi connectivity index (χ3n) is 10.6. The first kappa shape index (κ1) is 48.5. The van der Waals surface area contributed by atoms with Gasteiger partial charge in [0.05, 0.1) is 0 Å². The molecule has 4 aromatic rings. The Kier molecular flexibility index (Phi) is 26.6. The molecule has 2 radical (unpaired) electrons. The van der Waals surface area contributed by atoms with Gasteiger partial charge in [-0.3, -0.25) is 0 Å². The summed E-state index contributed by atoms with van der Waals surface area (Å²) in [7, 11) is 0. The number of hydrogen-bond donors (Lipinski definition) is 2. The maximum Gasteiger partial charge on any atom is 0.152 e. The van der Waals surface area contributed by atoms with Gasteiger partial charge < -0.3 is 10.2 Å². The molecule has 0 aromatic heterocycles. The fourth-order valence-electron chi connectivity index (χ4n) is 7.20. The van der Waals surface area contributed by atoms with Crippen molar-refractivity contribution in [2.24, 2.45) is 0 Å². The van der Waals surface area contributed by atoms with Crippen molar-refractivity contribution in [2.75, 3.05) is 0 Å². The van der Waals surface area contributed by atoms with Gasteiger partial charge >= 0.3 is 185 Å². The molecule has 0 spiro atoms. The van der Waals surface area contributed by atoms with E-state index in [0.717, 1.165) is 0 Å². The van der Waals surface area contributed by atoms with Crippen molar-refractivity contribution in [3.63, 3.8) is 0 Å². The molecule has 0 aliphatic carbocycles. The van der Waals surface area contributed by atoms with Crippen molar-refractivity contribution >= 4 is 39.5 Å². The van der Waals surface area contributed by atoms with E-state index in [1.807, 2.05) is 121 Å². The van der Waals surface area contributed by atoms with Crippen molar-refractivity contribution in [2.45, 2.75) is 156 Å². The van der Waals surface area contributed by atoms with Crippen LogP contribution < -0.4 is 0 Å². The Morgan fingerprint density at radius 2 is 0.481 bits per heavy atom. The predicted octanol–water partition coefficient (Wildman–Crippen LogP) is 14.6. The first-order valence-electron chi connectivity index (χ1n) is 21.7. The molecule has 0 aliphatic rings. The van der Waals surface area contributed by atoms with Crippen molar-refractivity contribution in [3.05, 3.63) is 144 Å². The fourth-order valence-corrected chi connectivity index (χ4v) is 26.1. The van der Waals surface area contributed by atoms with E-state index in [1.165, 1.54) is 77.0 Å². The van der Waals surface area contributed by atoms with Crippen LogP contribution in [-0.2, 0) is 11.2 Å². The summed E-state index contributed by atoms with van der Waals surface area (Å²) in [4.78, 5) is 0. The van der Waals surface area contributed by atoms with Gasteiger partial charge in [0.25, 0.3) is 0 Å². The van der Waals surface area contributed by atoms with E-state index in [2.05, 4.69) is 41.5 Å². The van der Waals surface area contributed by atoms with Crippen molar-refractivity contribution in [1.29, 1.82) is 0 Å². The summed E-state index contributed by atoms with van der Waals surface area (Å²) >= 11 is -1.68. The molecule has 0 fully saturated rings. The molecular weight excluding hydrogens is 870 g/mol. The Labute approximate surface area is 347 Å². The van der Waals surface area contributed by atoms with Gasteiger partial charge in [0.2, 0.25) is 0 Å². The van der Waals surface area contributed by atoms with E-state index >= 15 is 0 Å². The normalized spacial score (nSPS) is 11.5. The van der Waals surface area contributed by atoms with Crippen LogP contribution >= 0.6 is 0 Å². The number of aliphatic hydroxyl groups is 2. The smallest absolute Gasteiger partial charge is 0.152 e. The van der Waals surface area contributed by atoms with Gasteiger partial charge in [-0.2, -0.15) is 0 Å². The minimum atomic E-state index is -1.70. The van der Waals surface area contributed by atoms with Crippen LogP contribution in [0.4, 0.5) is 0 Å².